The van der Waals surface area contributed by atoms with Crippen molar-refractivity contribution in [1.82, 2.24) is 14.7 Å². The van der Waals surface area contributed by atoms with Gasteiger partial charge in [0.1, 0.15) is 11.9 Å². The third-order valence-electron chi connectivity index (χ3n) is 4.69. The van der Waals surface area contributed by atoms with Crippen molar-refractivity contribution in [3.8, 4) is 5.75 Å². The quantitative estimate of drug-likeness (QED) is 0.854. The van der Waals surface area contributed by atoms with Crippen molar-refractivity contribution in [2.24, 2.45) is 7.05 Å². The third kappa shape index (κ3) is 3.00. The number of carbonyl (C=O) groups is 1. The first-order valence-electron chi connectivity index (χ1n) is 8.36. The number of carbonyl (C=O) groups excluding carboxylic acids is 1. The molecule has 0 N–H and O–H groups in total. The first-order valence-corrected chi connectivity index (χ1v) is 8.74. The molecule has 1 aliphatic carbocycles. The minimum atomic E-state index is -0.0273. The van der Waals surface area contributed by atoms with Gasteiger partial charge >= 0.3 is 0 Å². The molecule has 1 amide bonds. The highest BCUT2D eigenvalue weighted by Gasteiger charge is 2.32. The van der Waals surface area contributed by atoms with Gasteiger partial charge < -0.3 is 9.64 Å². The van der Waals surface area contributed by atoms with Gasteiger partial charge in [-0.15, -0.1) is 0 Å². The summed E-state index contributed by atoms with van der Waals surface area (Å²) in [5.41, 5.74) is 1.71. The summed E-state index contributed by atoms with van der Waals surface area (Å²) in [6.45, 7) is 1.25. The SMILES string of the molecule is Cn1nc(C(=O)N2CCC(Oc3ccccc3Cl)C2)cc1C1CC1. The Morgan fingerprint density at radius 1 is 1.29 bits per heavy atom. The molecule has 5 nitrogen and oxygen atoms in total. The number of halogens is 1. The van der Waals surface area contributed by atoms with E-state index in [-0.39, 0.29) is 12.0 Å². The molecule has 0 bridgehead atoms. The second-order valence-electron chi connectivity index (χ2n) is 6.56. The molecule has 2 heterocycles. The Morgan fingerprint density at radius 3 is 2.83 bits per heavy atom. The minimum Gasteiger partial charge on any atom is -0.487 e. The van der Waals surface area contributed by atoms with Crippen molar-refractivity contribution in [3.05, 3.63) is 46.7 Å². The van der Waals surface area contributed by atoms with Crippen molar-refractivity contribution in [1.29, 1.82) is 0 Å². The normalized spacial score (nSPS) is 20.4. The highest BCUT2D eigenvalue weighted by atomic mass is 35.5. The van der Waals surface area contributed by atoms with E-state index < -0.39 is 0 Å². The Morgan fingerprint density at radius 2 is 2.08 bits per heavy atom. The summed E-state index contributed by atoms with van der Waals surface area (Å²) in [5, 5.41) is 5.00. The second-order valence-corrected chi connectivity index (χ2v) is 6.97. The summed E-state index contributed by atoms with van der Waals surface area (Å²) in [6.07, 6.45) is 3.18. The summed E-state index contributed by atoms with van der Waals surface area (Å²) in [7, 11) is 1.91. The summed E-state index contributed by atoms with van der Waals surface area (Å²) >= 11 is 6.13. The molecule has 24 heavy (non-hydrogen) atoms. The maximum absolute atomic E-state index is 12.7. The Labute approximate surface area is 146 Å². The predicted molar refractivity (Wildman–Crippen MR) is 91.6 cm³/mol. The molecular formula is C18H20ClN3O2. The fourth-order valence-corrected chi connectivity index (χ4v) is 3.42. The Hall–Kier alpha value is -2.01. The van der Waals surface area contributed by atoms with Crippen LogP contribution in [0.3, 0.4) is 0 Å². The lowest BCUT2D eigenvalue weighted by Crippen LogP contribution is -2.31. The number of rotatable bonds is 4. The predicted octanol–water partition coefficient (Wildman–Crippen LogP) is 3.24. The van der Waals surface area contributed by atoms with Gasteiger partial charge in [-0.3, -0.25) is 9.48 Å². The fraction of sp³-hybridized carbons (Fsp3) is 0.444. The molecule has 1 saturated carbocycles. The van der Waals surface area contributed by atoms with Crippen LogP contribution in [0.4, 0.5) is 0 Å². The number of nitrogens with zero attached hydrogens (tertiary/aromatic N) is 3. The number of ether oxygens (including phenoxy) is 1. The van der Waals surface area contributed by atoms with E-state index in [0.717, 1.165) is 6.42 Å². The second kappa shape index (κ2) is 6.13. The molecule has 0 spiro atoms. The zero-order valence-corrected chi connectivity index (χ0v) is 14.4. The van der Waals surface area contributed by atoms with Gasteiger partial charge in [-0.1, -0.05) is 23.7 Å². The molecule has 1 aromatic carbocycles. The smallest absolute Gasteiger partial charge is 0.274 e. The standard InChI is InChI=1S/C18H20ClN3O2/c1-21-16(12-6-7-12)10-15(20-21)18(23)22-9-8-13(11-22)24-17-5-3-2-4-14(17)19/h2-5,10,12-13H,6-9,11H2,1H3. The van der Waals surface area contributed by atoms with Crippen LogP contribution in [0.25, 0.3) is 0 Å². The van der Waals surface area contributed by atoms with E-state index in [1.54, 1.807) is 0 Å². The maximum Gasteiger partial charge on any atom is 0.274 e. The minimum absolute atomic E-state index is 0.0113. The van der Waals surface area contributed by atoms with E-state index >= 15 is 0 Å². The van der Waals surface area contributed by atoms with Gasteiger partial charge in [-0.25, -0.2) is 0 Å². The lowest BCUT2D eigenvalue weighted by molar-refractivity contribution is 0.0766. The Balaban J connectivity index is 1.42. The molecule has 1 aliphatic heterocycles. The highest BCUT2D eigenvalue weighted by Crippen LogP contribution is 2.40. The topological polar surface area (TPSA) is 47.4 Å². The molecule has 1 atom stereocenters. The van der Waals surface area contributed by atoms with Crippen LogP contribution in [0, 0.1) is 0 Å². The van der Waals surface area contributed by atoms with E-state index in [4.69, 9.17) is 16.3 Å². The van der Waals surface area contributed by atoms with Crippen molar-refractivity contribution in [2.75, 3.05) is 13.1 Å². The van der Waals surface area contributed by atoms with Crippen LogP contribution in [0.5, 0.6) is 5.75 Å². The van der Waals surface area contributed by atoms with E-state index in [0.29, 0.717) is 35.5 Å². The highest BCUT2D eigenvalue weighted by molar-refractivity contribution is 6.32. The van der Waals surface area contributed by atoms with Gasteiger partial charge in [0.2, 0.25) is 0 Å². The van der Waals surface area contributed by atoms with Crippen molar-refractivity contribution < 1.29 is 9.53 Å². The van der Waals surface area contributed by atoms with Gasteiger partial charge in [-0.2, -0.15) is 5.10 Å². The van der Waals surface area contributed by atoms with Gasteiger partial charge in [-0.05, 0) is 31.0 Å². The van der Waals surface area contributed by atoms with Crippen LogP contribution in [-0.4, -0.2) is 39.8 Å². The number of likely N-dealkylation sites (tertiary alicyclic amines) is 1. The average Bonchev–Trinajstić information content (AvgIpc) is 3.18. The molecule has 4 rings (SSSR count). The first kappa shape index (κ1) is 15.5. The van der Waals surface area contributed by atoms with Crippen LogP contribution in [0.2, 0.25) is 5.02 Å². The van der Waals surface area contributed by atoms with E-state index in [9.17, 15) is 4.79 Å². The van der Waals surface area contributed by atoms with Crippen LogP contribution in [0.15, 0.2) is 30.3 Å². The maximum atomic E-state index is 12.7. The number of aryl methyl sites for hydroxylation is 1. The lowest BCUT2D eigenvalue weighted by Gasteiger charge is -2.16. The van der Waals surface area contributed by atoms with Crippen molar-refractivity contribution in [3.63, 3.8) is 0 Å². The van der Waals surface area contributed by atoms with Gasteiger partial charge in [0.15, 0.2) is 5.69 Å². The van der Waals surface area contributed by atoms with Gasteiger partial charge in [0, 0.05) is 31.6 Å². The molecule has 2 fully saturated rings. The molecule has 2 aromatic rings. The third-order valence-corrected chi connectivity index (χ3v) is 5.01. The van der Waals surface area contributed by atoms with Crippen LogP contribution in [0.1, 0.15) is 41.4 Å². The zero-order valence-electron chi connectivity index (χ0n) is 13.6. The summed E-state index contributed by atoms with van der Waals surface area (Å²) in [4.78, 5) is 14.5. The largest absolute Gasteiger partial charge is 0.487 e. The monoisotopic (exact) mass is 345 g/mol. The summed E-state index contributed by atoms with van der Waals surface area (Å²) < 4.78 is 7.79. The van der Waals surface area contributed by atoms with E-state index in [2.05, 4.69) is 5.10 Å². The van der Waals surface area contributed by atoms with E-state index in [1.165, 1.54) is 18.5 Å². The number of amides is 1. The molecule has 1 aromatic heterocycles. The average molecular weight is 346 g/mol. The van der Waals surface area contributed by atoms with Crippen LogP contribution < -0.4 is 4.74 Å². The first-order chi connectivity index (χ1) is 11.6. The molecule has 126 valence electrons. The number of hydrogen-bond donors (Lipinski definition) is 0. The molecule has 1 unspecified atom stereocenters. The van der Waals surface area contributed by atoms with Crippen molar-refractivity contribution >= 4 is 17.5 Å². The van der Waals surface area contributed by atoms with Crippen LogP contribution in [-0.2, 0) is 7.05 Å². The summed E-state index contributed by atoms with van der Waals surface area (Å²) in [5.74, 6) is 1.24. The van der Waals surface area contributed by atoms with Crippen LogP contribution >= 0.6 is 11.6 Å². The summed E-state index contributed by atoms with van der Waals surface area (Å²) in [6, 6.07) is 9.38. The Kier molecular flexibility index (Phi) is 3.96. The lowest BCUT2D eigenvalue weighted by atomic mass is 10.2. The van der Waals surface area contributed by atoms with Crippen molar-refractivity contribution in [2.45, 2.75) is 31.3 Å². The molecular weight excluding hydrogens is 326 g/mol. The van der Waals surface area contributed by atoms with Gasteiger partial charge in [0.25, 0.3) is 5.91 Å². The fourth-order valence-electron chi connectivity index (χ4n) is 3.24. The molecule has 2 aliphatic rings. The Bertz CT molecular complexity index is 769. The number of aromatic nitrogens is 2. The number of hydrogen-bond acceptors (Lipinski definition) is 3. The number of benzene rings is 1. The molecule has 1 saturated heterocycles. The van der Waals surface area contributed by atoms with E-state index in [1.807, 2.05) is 47.0 Å². The molecule has 0 radical (unpaired) electrons. The molecule has 6 heteroatoms. The van der Waals surface area contributed by atoms with Gasteiger partial charge in [0.05, 0.1) is 11.6 Å². The zero-order chi connectivity index (χ0) is 16.7. The number of para-hydroxylation sites is 1.